The Morgan fingerprint density at radius 2 is 2.20 bits per heavy atom. The second kappa shape index (κ2) is 5.39. The number of nitrogens with two attached hydrogens (primary N) is 2. The van der Waals surface area contributed by atoms with Crippen LogP contribution < -0.4 is 20.5 Å². The molecule has 0 saturated carbocycles. The normalized spacial score (nSPS) is 15.8. The van der Waals surface area contributed by atoms with E-state index in [1.165, 1.54) is 0 Å². The highest BCUT2D eigenvalue weighted by atomic mass is 32.2. The molecule has 1 aliphatic heterocycles. The summed E-state index contributed by atoms with van der Waals surface area (Å²) in [5, 5.41) is 7.88. The number of benzene rings is 1. The molecule has 8 heteroatoms. The number of carbonyl (C=O) groups is 1. The number of fused-ring (bicyclic) bond motifs is 1. The monoisotopic (exact) mass is 298 g/mol. The smallest absolute Gasteiger partial charge is 0.299 e. The van der Waals surface area contributed by atoms with E-state index in [2.05, 4.69) is 5.32 Å². The van der Waals surface area contributed by atoms with Crippen molar-refractivity contribution >= 4 is 27.5 Å². The molecule has 1 aromatic carbocycles. The molecule has 1 atom stereocenters. The number of rotatable bonds is 4. The Hall–Kier alpha value is -1.64. The van der Waals surface area contributed by atoms with Gasteiger partial charge in [-0.2, -0.15) is 8.42 Å². The maximum Gasteiger partial charge on any atom is 0.299 e. The van der Waals surface area contributed by atoms with Crippen molar-refractivity contribution in [1.29, 1.82) is 0 Å². The molecule has 7 nitrogen and oxygen atoms in total. The van der Waals surface area contributed by atoms with Crippen molar-refractivity contribution < 1.29 is 13.2 Å². The second-order valence-electron chi connectivity index (χ2n) is 4.84. The predicted octanol–water partition coefficient (Wildman–Crippen LogP) is -0.214. The summed E-state index contributed by atoms with van der Waals surface area (Å²) >= 11 is 0. The number of hydrogen-bond donors (Lipinski definition) is 3. The van der Waals surface area contributed by atoms with Gasteiger partial charge in [-0.15, -0.1) is 0 Å². The van der Waals surface area contributed by atoms with E-state index in [4.69, 9.17) is 10.9 Å². The summed E-state index contributed by atoms with van der Waals surface area (Å²) in [5.74, 6) is -0.509. The van der Waals surface area contributed by atoms with Crippen molar-refractivity contribution in [2.45, 2.75) is 13.3 Å². The molecular weight excluding hydrogens is 280 g/mol. The van der Waals surface area contributed by atoms with Crippen LogP contribution in [0.2, 0.25) is 0 Å². The first-order chi connectivity index (χ1) is 9.32. The highest BCUT2D eigenvalue weighted by Crippen LogP contribution is 2.32. The topological polar surface area (TPSA) is 119 Å². The summed E-state index contributed by atoms with van der Waals surface area (Å²) in [7, 11) is -3.78. The standard InChI is InChI=1S/C12H18N4O3S/c1-8(7-13)12(17)15-10-3-2-9-4-5-16(11(9)6-10)20(14,18)19/h2-3,6,8H,4-5,7,13H2,1H3,(H,15,17)(H2,14,18,19). The van der Waals surface area contributed by atoms with Gasteiger partial charge < -0.3 is 11.1 Å². The van der Waals surface area contributed by atoms with Crippen molar-refractivity contribution in [3.63, 3.8) is 0 Å². The average Bonchev–Trinajstić information content (AvgIpc) is 2.80. The van der Waals surface area contributed by atoms with Gasteiger partial charge in [0.15, 0.2) is 0 Å². The minimum absolute atomic E-state index is 0.201. The van der Waals surface area contributed by atoms with E-state index in [0.717, 1.165) is 9.87 Å². The molecule has 1 aliphatic rings. The van der Waals surface area contributed by atoms with E-state index >= 15 is 0 Å². The lowest BCUT2D eigenvalue weighted by Crippen LogP contribution is -2.35. The summed E-state index contributed by atoms with van der Waals surface area (Å²) in [6.45, 7) is 2.30. The van der Waals surface area contributed by atoms with Crippen LogP contribution in [-0.2, 0) is 21.4 Å². The van der Waals surface area contributed by atoms with E-state index in [1.54, 1.807) is 25.1 Å². The molecule has 20 heavy (non-hydrogen) atoms. The van der Waals surface area contributed by atoms with Gasteiger partial charge in [0.2, 0.25) is 5.91 Å². The molecule has 0 radical (unpaired) electrons. The van der Waals surface area contributed by atoms with Crippen molar-refractivity contribution in [1.82, 2.24) is 0 Å². The Morgan fingerprint density at radius 3 is 2.80 bits per heavy atom. The van der Waals surface area contributed by atoms with Gasteiger partial charge >= 0.3 is 0 Å². The van der Waals surface area contributed by atoms with Gasteiger partial charge in [-0.3, -0.25) is 9.10 Å². The molecule has 0 aliphatic carbocycles. The summed E-state index contributed by atoms with van der Waals surface area (Å²) in [6.07, 6.45) is 0.610. The Bertz CT molecular complexity index is 630. The van der Waals surface area contributed by atoms with Crippen LogP contribution in [0.4, 0.5) is 11.4 Å². The lowest BCUT2D eigenvalue weighted by Gasteiger charge is -2.17. The zero-order chi connectivity index (χ0) is 14.9. The Morgan fingerprint density at radius 1 is 1.50 bits per heavy atom. The maximum absolute atomic E-state index is 11.8. The molecule has 0 bridgehead atoms. The Kier molecular flexibility index (Phi) is 3.98. The van der Waals surface area contributed by atoms with Crippen molar-refractivity contribution in [2.75, 3.05) is 22.7 Å². The fraction of sp³-hybridized carbons (Fsp3) is 0.417. The minimum atomic E-state index is -3.78. The molecule has 0 fully saturated rings. The fourth-order valence-corrected chi connectivity index (χ4v) is 2.85. The molecular formula is C12H18N4O3S. The molecule has 2 rings (SSSR count). The number of nitrogens with one attached hydrogen (secondary N) is 1. The second-order valence-corrected chi connectivity index (χ2v) is 6.31. The van der Waals surface area contributed by atoms with E-state index in [9.17, 15) is 13.2 Å². The SMILES string of the molecule is CC(CN)C(=O)Nc1ccc2c(c1)N(S(N)(=O)=O)CC2. The summed E-state index contributed by atoms with van der Waals surface area (Å²) in [4.78, 5) is 11.8. The summed E-state index contributed by atoms with van der Waals surface area (Å²) < 4.78 is 24.1. The van der Waals surface area contributed by atoms with Gasteiger partial charge in [0.05, 0.1) is 5.69 Å². The largest absolute Gasteiger partial charge is 0.330 e. The summed E-state index contributed by atoms with van der Waals surface area (Å²) in [6, 6.07) is 5.16. The van der Waals surface area contributed by atoms with Crippen LogP contribution in [-0.4, -0.2) is 27.4 Å². The number of hydrogen-bond acceptors (Lipinski definition) is 4. The third kappa shape index (κ3) is 2.92. The molecule has 1 amide bonds. The quantitative estimate of drug-likeness (QED) is 0.712. The van der Waals surface area contributed by atoms with Crippen LogP contribution >= 0.6 is 0 Å². The molecule has 1 heterocycles. The third-order valence-electron chi connectivity index (χ3n) is 3.31. The van der Waals surface area contributed by atoms with Gasteiger partial charge in [-0.1, -0.05) is 13.0 Å². The number of amides is 1. The van der Waals surface area contributed by atoms with E-state index in [-0.39, 0.29) is 18.4 Å². The molecule has 0 aromatic heterocycles. The Labute approximate surface area is 118 Å². The van der Waals surface area contributed by atoms with Gasteiger partial charge in [-0.05, 0) is 24.1 Å². The van der Waals surface area contributed by atoms with Crippen LogP contribution in [0, 0.1) is 5.92 Å². The van der Waals surface area contributed by atoms with Crippen LogP contribution in [0.15, 0.2) is 18.2 Å². The molecule has 5 N–H and O–H groups in total. The minimum Gasteiger partial charge on any atom is -0.330 e. The van der Waals surface area contributed by atoms with E-state index in [1.807, 2.05) is 0 Å². The zero-order valence-electron chi connectivity index (χ0n) is 11.2. The van der Waals surface area contributed by atoms with Gasteiger partial charge in [0.25, 0.3) is 10.2 Å². The maximum atomic E-state index is 11.8. The first kappa shape index (κ1) is 14.8. The third-order valence-corrected chi connectivity index (χ3v) is 4.31. The Balaban J connectivity index is 2.26. The first-order valence-corrected chi connectivity index (χ1v) is 7.77. The molecule has 110 valence electrons. The van der Waals surface area contributed by atoms with Crippen LogP contribution in [0.25, 0.3) is 0 Å². The van der Waals surface area contributed by atoms with Crippen LogP contribution in [0.1, 0.15) is 12.5 Å². The van der Waals surface area contributed by atoms with Crippen molar-refractivity contribution in [2.24, 2.45) is 16.8 Å². The molecule has 1 unspecified atom stereocenters. The van der Waals surface area contributed by atoms with E-state index in [0.29, 0.717) is 24.3 Å². The van der Waals surface area contributed by atoms with Crippen LogP contribution in [0.3, 0.4) is 0 Å². The lowest BCUT2D eigenvalue weighted by atomic mass is 10.1. The van der Waals surface area contributed by atoms with E-state index < -0.39 is 10.2 Å². The lowest BCUT2D eigenvalue weighted by molar-refractivity contribution is -0.119. The van der Waals surface area contributed by atoms with Crippen molar-refractivity contribution in [3.8, 4) is 0 Å². The predicted molar refractivity (Wildman–Crippen MR) is 77.4 cm³/mol. The molecule has 1 aromatic rings. The summed E-state index contributed by atoms with van der Waals surface area (Å²) in [5.41, 5.74) is 7.37. The highest BCUT2D eigenvalue weighted by molar-refractivity contribution is 7.90. The number of anilines is 2. The van der Waals surface area contributed by atoms with Crippen LogP contribution in [0.5, 0.6) is 0 Å². The first-order valence-electron chi connectivity index (χ1n) is 6.27. The van der Waals surface area contributed by atoms with Gasteiger partial charge in [0, 0.05) is 24.7 Å². The van der Waals surface area contributed by atoms with Gasteiger partial charge in [0.1, 0.15) is 0 Å². The van der Waals surface area contributed by atoms with Crippen molar-refractivity contribution in [3.05, 3.63) is 23.8 Å². The zero-order valence-corrected chi connectivity index (χ0v) is 12.0. The molecule has 0 spiro atoms. The van der Waals surface area contributed by atoms with Gasteiger partial charge in [-0.25, -0.2) is 5.14 Å². The average molecular weight is 298 g/mol. The number of nitrogens with zero attached hydrogens (tertiary/aromatic N) is 1. The number of carbonyl (C=O) groups excluding carboxylic acids is 1. The fourth-order valence-electron chi connectivity index (χ4n) is 2.06. The highest BCUT2D eigenvalue weighted by Gasteiger charge is 2.27. The molecule has 0 saturated heterocycles.